The summed E-state index contributed by atoms with van der Waals surface area (Å²) >= 11 is 0. The van der Waals surface area contributed by atoms with Crippen molar-refractivity contribution in [1.29, 1.82) is 0 Å². The number of hydrogen-bond acceptors (Lipinski definition) is 7. The molecule has 0 aliphatic rings. The number of nitrogen functional groups attached to an aromatic ring is 1. The second-order valence-electron chi connectivity index (χ2n) is 8.10. The molecule has 0 amide bonds. The van der Waals surface area contributed by atoms with E-state index >= 15 is 0 Å². The number of nitrogens with zero attached hydrogens (tertiary/aromatic N) is 5. The number of hydrogen-bond donors (Lipinski definition) is 2. The number of anilines is 2. The van der Waals surface area contributed by atoms with Gasteiger partial charge in [-0.2, -0.15) is 0 Å². The average Bonchev–Trinajstić information content (AvgIpc) is 2.89. The van der Waals surface area contributed by atoms with Crippen molar-refractivity contribution in [1.82, 2.24) is 24.5 Å². The molecule has 0 spiro atoms. The van der Waals surface area contributed by atoms with Crippen molar-refractivity contribution in [2.45, 2.75) is 13.3 Å². The lowest BCUT2D eigenvalue weighted by Crippen LogP contribution is -2.26. The molecule has 0 atom stereocenters. The fraction of sp³-hybridized carbons (Fsp3) is 0.107. The standard InChI is InChI=1S/C28H23N7O/c1-19-8-7-12-23-25(19)28(36)35(21-10-3-2-4-11-21)24(34-23)15-17-31-27-22(26(29)32-18-33-27)14-13-20-9-5-6-16-30-20/h2-12,16,18H,15,17H2,1H3,(H3,29,31,32,33). The van der Waals surface area contributed by atoms with Crippen LogP contribution in [0.3, 0.4) is 0 Å². The van der Waals surface area contributed by atoms with E-state index in [4.69, 9.17) is 10.7 Å². The fourth-order valence-corrected chi connectivity index (χ4v) is 3.97. The van der Waals surface area contributed by atoms with Gasteiger partial charge in [0.2, 0.25) is 0 Å². The first-order valence-corrected chi connectivity index (χ1v) is 11.5. The summed E-state index contributed by atoms with van der Waals surface area (Å²) < 4.78 is 1.67. The van der Waals surface area contributed by atoms with Crippen LogP contribution in [0.5, 0.6) is 0 Å². The number of nitrogens with two attached hydrogens (primary N) is 1. The van der Waals surface area contributed by atoms with E-state index in [1.807, 2.05) is 73.7 Å². The average molecular weight is 474 g/mol. The second-order valence-corrected chi connectivity index (χ2v) is 8.10. The van der Waals surface area contributed by atoms with Gasteiger partial charge in [-0.25, -0.2) is 19.9 Å². The van der Waals surface area contributed by atoms with Gasteiger partial charge in [0.1, 0.15) is 35.0 Å². The summed E-state index contributed by atoms with van der Waals surface area (Å²) in [6, 6.07) is 20.8. The lowest BCUT2D eigenvalue weighted by molar-refractivity contribution is 0.808. The van der Waals surface area contributed by atoms with Gasteiger partial charge in [-0.15, -0.1) is 0 Å². The number of aryl methyl sites for hydroxylation is 1. The molecule has 0 bridgehead atoms. The van der Waals surface area contributed by atoms with Crippen molar-refractivity contribution in [3.05, 3.63) is 112 Å². The maximum Gasteiger partial charge on any atom is 0.266 e. The lowest BCUT2D eigenvalue weighted by Gasteiger charge is -2.15. The molecule has 3 heterocycles. The van der Waals surface area contributed by atoms with Crippen molar-refractivity contribution in [3.8, 4) is 17.5 Å². The Morgan fingerprint density at radius 3 is 2.58 bits per heavy atom. The van der Waals surface area contributed by atoms with Crippen LogP contribution < -0.4 is 16.6 Å². The maximum atomic E-state index is 13.6. The number of pyridine rings is 1. The number of para-hydroxylation sites is 1. The van der Waals surface area contributed by atoms with Crippen LogP contribution in [0, 0.1) is 18.8 Å². The smallest absolute Gasteiger partial charge is 0.266 e. The third-order valence-corrected chi connectivity index (χ3v) is 5.69. The molecule has 0 fully saturated rings. The van der Waals surface area contributed by atoms with Crippen molar-refractivity contribution in [3.63, 3.8) is 0 Å². The summed E-state index contributed by atoms with van der Waals surface area (Å²) in [6.07, 6.45) is 3.53. The number of aromatic nitrogens is 5. The van der Waals surface area contributed by atoms with Gasteiger partial charge < -0.3 is 11.1 Å². The van der Waals surface area contributed by atoms with Crippen molar-refractivity contribution in [2.75, 3.05) is 17.6 Å². The SMILES string of the molecule is Cc1cccc2nc(CCNc3ncnc(N)c3C#Cc3ccccn3)n(-c3ccccc3)c(=O)c12. The van der Waals surface area contributed by atoms with Crippen molar-refractivity contribution < 1.29 is 0 Å². The molecule has 5 rings (SSSR count). The van der Waals surface area contributed by atoms with Crippen LogP contribution in [-0.4, -0.2) is 31.0 Å². The Bertz CT molecular complexity index is 1650. The molecule has 2 aromatic carbocycles. The number of benzene rings is 2. The summed E-state index contributed by atoms with van der Waals surface area (Å²) in [5.41, 5.74) is 9.45. The van der Waals surface area contributed by atoms with Crippen LogP contribution in [0.1, 0.15) is 22.6 Å². The minimum absolute atomic E-state index is 0.0903. The normalized spacial score (nSPS) is 10.6. The van der Waals surface area contributed by atoms with E-state index in [9.17, 15) is 4.79 Å². The van der Waals surface area contributed by atoms with Gasteiger partial charge in [-0.05, 0) is 48.7 Å². The maximum absolute atomic E-state index is 13.6. The van der Waals surface area contributed by atoms with Gasteiger partial charge in [-0.1, -0.05) is 42.3 Å². The van der Waals surface area contributed by atoms with Gasteiger partial charge >= 0.3 is 0 Å². The Morgan fingerprint density at radius 2 is 1.78 bits per heavy atom. The van der Waals surface area contributed by atoms with Gasteiger partial charge in [-0.3, -0.25) is 9.36 Å². The Kier molecular flexibility index (Phi) is 6.36. The molecule has 8 heteroatoms. The predicted molar refractivity (Wildman–Crippen MR) is 141 cm³/mol. The molecule has 0 radical (unpaired) electrons. The summed E-state index contributed by atoms with van der Waals surface area (Å²) in [5.74, 6) is 7.45. The first-order chi connectivity index (χ1) is 17.6. The molecule has 0 aliphatic heterocycles. The van der Waals surface area contributed by atoms with Crippen molar-refractivity contribution in [2.24, 2.45) is 0 Å². The summed E-state index contributed by atoms with van der Waals surface area (Å²) in [5, 5.41) is 3.91. The topological polar surface area (TPSA) is 112 Å². The minimum atomic E-state index is -0.0903. The van der Waals surface area contributed by atoms with E-state index in [0.29, 0.717) is 46.8 Å². The first kappa shape index (κ1) is 22.7. The molecular formula is C28H23N7O. The molecule has 5 aromatic rings. The van der Waals surface area contributed by atoms with Gasteiger partial charge in [0.05, 0.1) is 16.6 Å². The Morgan fingerprint density at radius 1 is 0.944 bits per heavy atom. The first-order valence-electron chi connectivity index (χ1n) is 11.5. The van der Waals surface area contributed by atoms with E-state index in [-0.39, 0.29) is 11.4 Å². The molecule has 8 nitrogen and oxygen atoms in total. The number of fused-ring (bicyclic) bond motifs is 1. The molecule has 0 saturated carbocycles. The zero-order chi connectivity index (χ0) is 24.9. The summed E-state index contributed by atoms with van der Waals surface area (Å²) in [4.78, 5) is 31.0. The monoisotopic (exact) mass is 473 g/mol. The number of rotatable bonds is 5. The second kappa shape index (κ2) is 10.1. The molecule has 176 valence electrons. The van der Waals surface area contributed by atoms with Crippen LogP contribution in [0.25, 0.3) is 16.6 Å². The summed E-state index contributed by atoms with van der Waals surface area (Å²) in [7, 11) is 0. The van der Waals surface area contributed by atoms with E-state index in [0.717, 1.165) is 11.3 Å². The lowest BCUT2D eigenvalue weighted by atomic mass is 10.1. The highest BCUT2D eigenvalue weighted by Gasteiger charge is 2.15. The third kappa shape index (κ3) is 4.63. The van der Waals surface area contributed by atoms with Crippen LogP contribution in [0.2, 0.25) is 0 Å². The van der Waals surface area contributed by atoms with Gasteiger partial charge in [0.25, 0.3) is 5.56 Å². The molecule has 0 saturated heterocycles. The molecular weight excluding hydrogens is 450 g/mol. The third-order valence-electron chi connectivity index (χ3n) is 5.69. The Labute approximate surface area is 207 Å². The molecule has 0 aliphatic carbocycles. The highest BCUT2D eigenvalue weighted by Crippen LogP contribution is 2.18. The number of nitrogens with one attached hydrogen (secondary N) is 1. The van der Waals surface area contributed by atoms with Crippen LogP contribution >= 0.6 is 0 Å². The van der Waals surface area contributed by atoms with Gasteiger partial charge in [0.15, 0.2) is 0 Å². The fourth-order valence-electron chi connectivity index (χ4n) is 3.97. The highest BCUT2D eigenvalue weighted by atomic mass is 16.1. The van der Waals surface area contributed by atoms with E-state index in [2.05, 4.69) is 32.1 Å². The van der Waals surface area contributed by atoms with E-state index in [1.54, 1.807) is 10.8 Å². The molecule has 0 unspecified atom stereocenters. The van der Waals surface area contributed by atoms with E-state index < -0.39 is 0 Å². The zero-order valence-electron chi connectivity index (χ0n) is 19.6. The Balaban J connectivity index is 1.47. The largest absolute Gasteiger partial charge is 0.382 e. The van der Waals surface area contributed by atoms with E-state index in [1.165, 1.54) is 6.33 Å². The molecule has 3 N–H and O–H groups in total. The highest BCUT2D eigenvalue weighted by molar-refractivity contribution is 5.81. The van der Waals surface area contributed by atoms with Crippen LogP contribution in [0.15, 0.2) is 84.0 Å². The van der Waals surface area contributed by atoms with Crippen LogP contribution in [0.4, 0.5) is 11.6 Å². The predicted octanol–water partition coefficient (Wildman–Crippen LogP) is 3.52. The van der Waals surface area contributed by atoms with Gasteiger partial charge in [0, 0.05) is 19.2 Å². The summed E-state index contributed by atoms with van der Waals surface area (Å²) in [6.45, 7) is 2.38. The van der Waals surface area contributed by atoms with Crippen LogP contribution in [-0.2, 0) is 6.42 Å². The van der Waals surface area contributed by atoms with Crippen molar-refractivity contribution >= 4 is 22.5 Å². The molecule has 3 aromatic heterocycles. The zero-order valence-corrected chi connectivity index (χ0v) is 19.6. The molecule has 36 heavy (non-hydrogen) atoms. The minimum Gasteiger partial charge on any atom is -0.382 e. The quantitative estimate of drug-likeness (QED) is 0.376. The Hall–Kier alpha value is -5.03.